The summed E-state index contributed by atoms with van der Waals surface area (Å²) in [6.07, 6.45) is 1.89. The Balaban J connectivity index is 2.22. The monoisotopic (exact) mass is 266 g/mol. The summed E-state index contributed by atoms with van der Waals surface area (Å²) in [4.78, 5) is 0. The number of hydrogen-bond acceptors (Lipinski definition) is 3. The van der Waals surface area contributed by atoms with Crippen LogP contribution >= 0.6 is 0 Å². The number of benzene rings is 1. The molecular formula is C16H26O3. The van der Waals surface area contributed by atoms with Crippen LogP contribution in [0.2, 0.25) is 0 Å². The Kier molecular flexibility index (Phi) is 6.32. The van der Waals surface area contributed by atoms with Crippen LogP contribution in [0.25, 0.3) is 0 Å². The summed E-state index contributed by atoms with van der Waals surface area (Å²) in [5.41, 5.74) is 1.01. The Bertz CT molecular complexity index is 374. The maximum absolute atomic E-state index is 9.91. The van der Waals surface area contributed by atoms with Gasteiger partial charge in [0.25, 0.3) is 0 Å². The predicted molar refractivity (Wildman–Crippen MR) is 77.6 cm³/mol. The molecule has 3 heteroatoms. The normalized spacial score (nSPS) is 13.3. The zero-order chi connectivity index (χ0) is 14.3. The van der Waals surface area contributed by atoms with E-state index < -0.39 is 0 Å². The van der Waals surface area contributed by atoms with Crippen LogP contribution in [0, 0.1) is 6.92 Å². The quantitative estimate of drug-likeness (QED) is 0.784. The summed E-state index contributed by atoms with van der Waals surface area (Å²) in [6.45, 7) is 6.64. The van der Waals surface area contributed by atoms with E-state index in [9.17, 15) is 5.11 Å². The highest BCUT2D eigenvalue weighted by atomic mass is 16.5. The smallest absolute Gasteiger partial charge is 0.119 e. The lowest BCUT2D eigenvalue weighted by molar-refractivity contribution is 0.00110. The number of hydrogen-bond donors (Lipinski definition) is 1. The van der Waals surface area contributed by atoms with Crippen molar-refractivity contribution in [1.82, 2.24) is 0 Å². The molecule has 0 heterocycles. The zero-order valence-corrected chi connectivity index (χ0v) is 12.5. The first-order chi connectivity index (χ1) is 8.93. The molecule has 1 atom stereocenters. The van der Waals surface area contributed by atoms with Crippen molar-refractivity contribution in [3.8, 4) is 5.75 Å². The van der Waals surface area contributed by atoms with Gasteiger partial charge in [-0.3, -0.25) is 0 Å². The molecular weight excluding hydrogens is 240 g/mol. The first-order valence-corrected chi connectivity index (χ1v) is 6.85. The highest BCUT2D eigenvalue weighted by Crippen LogP contribution is 2.18. The molecule has 0 bridgehead atoms. The van der Waals surface area contributed by atoms with E-state index in [0.29, 0.717) is 13.0 Å². The molecule has 0 saturated carbocycles. The van der Waals surface area contributed by atoms with E-state index >= 15 is 0 Å². The summed E-state index contributed by atoms with van der Waals surface area (Å²) < 4.78 is 11.0. The Morgan fingerprint density at radius 2 is 2.00 bits per heavy atom. The third kappa shape index (κ3) is 6.60. The molecule has 1 rings (SSSR count). The Hall–Kier alpha value is -1.06. The van der Waals surface area contributed by atoms with Crippen molar-refractivity contribution in [2.75, 3.05) is 13.7 Å². The van der Waals surface area contributed by atoms with Crippen LogP contribution in [-0.2, 0) is 4.74 Å². The third-order valence-electron chi connectivity index (χ3n) is 3.34. The topological polar surface area (TPSA) is 38.7 Å². The predicted octanol–water partition coefficient (Wildman–Crippen LogP) is 3.33. The number of ether oxygens (including phenoxy) is 2. The van der Waals surface area contributed by atoms with Gasteiger partial charge in [-0.15, -0.1) is 0 Å². The fraction of sp³-hybridized carbons (Fsp3) is 0.625. The van der Waals surface area contributed by atoms with E-state index in [-0.39, 0.29) is 11.7 Å². The summed E-state index contributed by atoms with van der Waals surface area (Å²) in [5.74, 6) is 0.865. The molecule has 0 aromatic heterocycles. The Morgan fingerprint density at radius 1 is 1.26 bits per heavy atom. The maximum Gasteiger partial charge on any atom is 0.119 e. The number of rotatable bonds is 8. The second-order valence-electron chi connectivity index (χ2n) is 5.61. The molecule has 0 spiro atoms. The second kappa shape index (κ2) is 7.51. The van der Waals surface area contributed by atoms with Gasteiger partial charge in [0.2, 0.25) is 0 Å². The van der Waals surface area contributed by atoms with Gasteiger partial charge in [-0.2, -0.15) is 0 Å². The molecule has 0 aliphatic rings. The van der Waals surface area contributed by atoms with Crippen LogP contribution in [0.1, 0.15) is 38.7 Å². The van der Waals surface area contributed by atoms with Gasteiger partial charge in [0.15, 0.2) is 0 Å². The van der Waals surface area contributed by atoms with Crippen molar-refractivity contribution in [3.05, 3.63) is 29.8 Å². The number of aryl methyl sites for hydroxylation is 1. The van der Waals surface area contributed by atoms with Gasteiger partial charge in [0, 0.05) is 13.5 Å². The van der Waals surface area contributed by atoms with Crippen molar-refractivity contribution < 1.29 is 14.6 Å². The minimum Gasteiger partial charge on any atom is -0.493 e. The van der Waals surface area contributed by atoms with Gasteiger partial charge in [0.05, 0.1) is 18.3 Å². The Morgan fingerprint density at radius 3 is 2.63 bits per heavy atom. The van der Waals surface area contributed by atoms with Crippen LogP contribution < -0.4 is 4.74 Å². The van der Waals surface area contributed by atoms with Crippen LogP contribution in [0.5, 0.6) is 5.75 Å². The first kappa shape index (κ1) is 16.0. The molecule has 1 unspecified atom stereocenters. The molecule has 1 aromatic carbocycles. The second-order valence-corrected chi connectivity index (χ2v) is 5.61. The minimum atomic E-state index is -0.334. The molecule has 0 aliphatic heterocycles. The van der Waals surface area contributed by atoms with Crippen LogP contribution in [0.4, 0.5) is 0 Å². The van der Waals surface area contributed by atoms with E-state index in [1.54, 1.807) is 7.11 Å². The largest absolute Gasteiger partial charge is 0.493 e. The van der Waals surface area contributed by atoms with E-state index in [4.69, 9.17) is 9.47 Å². The highest BCUT2D eigenvalue weighted by molar-refractivity contribution is 5.27. The van der Waals surface area contributed by atoms with Crippen LogP contribution in [0.3, 0.4) is 0 Å². The van der Waals surface area contributed by atoms with Crippen LogP contribution in [0.15, 0.2) is 24.3 Å². The molecule has 0 fully saturated rings. The molecule has 1 N–H and O–H groups in total. The van der Waals surface area contributed by atoms with E-state index in [2.05, 4.69) is 0 Å². The molecule has 0 saturated heterocycles. The molecule has 0 amide bonds. The highest BCUT2D eigenvalue weighted by Gasteiger charge is 2.18. The van der Waals surface area contributed by atoms with Crippen molar-refractivity contribution in [2.45, 2.75) is 51.7 Å². The summed E-state index contributed by atoms with van der Waals surface area (Å²) >= 11 is 0. The summed E-state index contributed by atoms with van der Waals surface area (Å²) in [6, 6.07) is 7.95. The van der Waals surface area contributed by atoms with Gasteiger partial charge in [-0.05, 0) is 51.3 Å². The minimum absolute atomic E-state index is 0.168. The van der Waals surface area contributed by atoms with Crippen molar-refractivity contribution in [1.29, 1.82) is 0 Å². The van der Waals surface area contributed by atoms with Gasteiger partial charge < -0.3 is 14.6 Å². The van der Waals surface area contributed by atoms with E-state index in [1.807, 2.05) is 45.0 Å². The number of aliphatic hydroxyl groups excluding tert-OH is 1. The van der Waals surface area contributed by atoms with Gasteiger partial charge in [0.1, 0.15) is 5.75 Å². The van der Waals surface area contributed by atoms with Crippen molar-refractivity contribution in [3.63, 3.8) is 0 Å². The summed E-state index contributed by atoms with van der Waals surface area (Å²) in [5, 5.41) is 9.91. The molecule has 19 heavy (non-hydrogen) atoms. The van der Waals surface area contributed by atoms with Gasteiger partial charge in [-0.1, -0.05) is 12.1 Å². The average Bonchev–Trinajstić information content (AvgIpc) is 2.37. The van der Waals surface area contributed by atoms with Crippen molar-refractivity contribution in [2.24, 2.45) is 0 Å². The molecule has 0 radical (unpaired) electrons. The van der Waals surface area contributed by atoms with Crippen molar-refractivity contribution >= 4 is 0 Å². The van der Waals surface area contributed by atoms with Gasteiger partial charge in [-0.25, -0.2) is 0 Å². The van der Waals surface area contributed by atoms with E-state index in [1.165, 1.54) is 5.56 Å². The number of methoxy groups -OCH3 is 1. The Labute approximate surface area is 116 Å². The standard InChI is InChI=1S/C16H26O3/c1-13-6-5-7-15(12-13)19-11-9-14(17)8-10-16(2,3)18-4/h5-7,12,14,17H,8-11H2,1-4H3. The van der Waals surface area contributed by atoms with Gasteiger partial charge >= 0.3 is 0 Å². The lowest BCUT2D eigenvalue weighted by Gasteiger charge is -2.24. The molecule has 1 aromatic rings. The zero-order valence-electron chi connectivity index (χ0n) is 12.5. The number of aliphatic hydroxyl groups is 1. The SMILES string of the molecule is COC(C)(C)CCC(O)CCOc1cccc(C)c1. The average molecular weight is 266 g/mol. The maximum atomic E-state index is 9.91. The first-order valence-electron chi connectivity index (χ1n) is 6.85. The fourth-order valence-electron chi connectivity index (χ4n) is 1.78. The third-order valence-corrected chi connectivity index (χ3v) is 3.34. The summed E-state index contributed by atoms with van der Waals surface area (Å²) in [7, 11) is 1.70. The fourth-order valence-corrected chi connectivity index (χ4v) is 1.78. The lowest BCUT2D eigenvalue weighted by Crippen LogP contribution is -2.25. The molecule has 0 aliphatic carbocycles. The lowest BCUT2D eigenvalue weighted by atomic mass is 9.99. The van der Waals surface area contributed by atoms with E-state index in [0.717, 1.165) is 18.6 Å². The van der Waals surface area contributed by atoms with Crippen LogP contribution in [-0.4, -0.2) is 30.5 Å². The molecule has 108 valence electrons. The molecule has 3 nitrogen and oxygen atoms in total.